The van der Waals surface area contributed by atoms with E-state index in [1.54, 1.807) is 24.5 Å². The first-order valence-electron chi connectivity index (χ1n) is 39.0. The largest absolute Gasteiger partial charge is 0.367 e. The van der Waals surface area contributed by atoms with E-state index in [1.807, 2.05) is 24.8 Å². The van der Waals surface area contributed by atoms with Gasteiger partial charge >= 0.3 is 0 Å². The minimum absolute atomic E-state index is 0.129. The second kappa shape index (κ2) is 36.6. The zero-order valence-corrected chi connectivity index (χ0v) is 71.1. The van der Waals surface area contributed by atoms with Gasteiger partial charge in [0, 0.05) is 108 Å². The van der Waals surface area contributed by atoms with Crippen molar-refractivity contribution in [2.45, 2.75) is 107 Å². The molecule has 0 radical (unpaired) electrons. The van der Waals surface area contributed by atoms with Crippen LogP contribution in [-0.2, 0) is 44.6 Å². The Hall–Kier alpha value is -10.9. The minimum atomic E-state index is -3.52. The highest BCUT2D eigenvalue weighted by Gasteiger charge is 2.48. The number of morpholine rings is 1. The van der Waals surface area contributed by atoms with Gasteiger partial charge in [-0.25, -0.2) is 165 Å². The van der Waals surface area contributed by atoms with Gasteiger partial charge in [-0.3, -0.25) is 0 Å². The number of likely N-dealkylation sites (tertiary alicyclic amines) is 1. The predicted octanol–water partition coefficient (Wildman–Crippen LogP) is 8.27. The highest BCUT2D eigenvalue weighted by Crippen LogP contribution is 2.42. The molecule has 17 rings (SSSR count). The maximum atomic E-state index is 14.4. The molecule has 17 heterocycles. The summed E-state index contributed by atoms with van der Waals surface area (Å²) in [6.45, 7) is 7.99. The predicted molar refractivity (Wildman–Crippen MR) is 436 cm³/mol. The normalized spacial score (nSPS) is 19.7. The van der Waals surface area contributed by atoms with Crippen molar-refractivity contribution in [1.82, 2.24) is 117 Å². The van der Waals surface area contributed by atoms with Crippen LogP contribution in [0.3, 0.4) is 0 Å². The van der Waals surface area contributed by atoms with E-state index >= 15 is 0 Å². The van der Waals surface area contributed by atoms with E-state index in [-0.39, 0.29) is 65.4 Å². The van der Waals surface area contributed by atoms with Crippen LogP contribution in [0.15, 0.2) is 123 Å². The second-order valence-electron chi connectivity index (χ2n) is 31.5. The molecule has 0 aromatic carbocycles. The number of nitrogens with one attached hydrogen (secondary N) is 2. The molecular weight excluding hydrogens is 1740 g/mol. The van der Waals surface area contributed by atoms with Crippen LogP contribution in [0.5, 0.6) is 0 Å². The number of aromatic nitrogens is 20. The van der Waals surface area contributed by atoms with Crippen molar-refractivity contribution < 1.29 is 82.3 Å². The summed E-state index contributed by atoms with van der Waals surface area (Å²) in [5, 5.41) is 15.9. The molecule has 668 valence electrons. The first kappa shape index (κ1) is 90.3. The zero-order valence-electron chi connectivity index (χ0n) is 67.8. The van der Waals surface area contributed by atoms with Crippen LogP contribution in [0.25, 0.3) is 68.1 Å². The smallest absolute Gasteiger partial charge is 0.282 e. The van der Waals surface area contributed by atoms with Crippen molar-refractivity contribution in [2.24, 2.45) is 5.92 Å². The van der Waals surface area contributed by atoms with Crippen LogP contribution in [0.4, 0.5) is 61.4 Å². The summed E-state index contributed by atoms with van der Waals surface area (Å²) in [6.07, 6.45) is 8.79. The highest BCUT2D eigenvalue weighted by molar-refractivity contribution is 7.90. The van der Waals surface area contributed by atoms with Gasteiger partial charge in [-0.2, -0.15) is 24.7 Å². The maximum absolute atomic E-state index is 14.4. The summed E-state index contributed by atoms with van der Waals surface area (Å²) in [6, 6.07) is 17.6. The topological polar surface area (TPSA) is 410 Å². The lowest BCUT2D eigenvalue weighted by Gasteiger charge is -2.45. The summed E-state index contributed by atoms with van der Waals surface area (Å²) in [5.74, 6) is -1.93. The molecule has 50 heteroatoms. The van der Waals surface area contributed by atoms with E-state index in [2.05, 4.69) is 99.4 Å². The third-order valence-corrected chi connectivity index (χ3v) is 24.9. The molecule has 0 amide bonds. The Morgan fingerprint density at radius 1 is 0.472 bits per heavy atom. The van der Waals surface area contributed by atoms with Crippen LogP contribution in [0, 0.1) is 5.92 Å². The Labute approximate surface area is 709 Å². The van der Waals surface area contributed by atoms with Crippen LogP contribution in [0.2, 0.25) is 0 Å². The molecule has 5 aliphatic heterocycles. The number of nitrogens with zero attached hydrogens (tertiary/aromatic N) is 25. The lowest BCUT2D eigenvalue weighted by atomic mass is 9.85. The van der Waals surface area contributed by atoms with Gasteiger partial charge in [-0.05, 0) is 113 Å². The highest BCUT2D eigenvalue weighted by atomic mass is 32.2. The third kappa shape index (κ3) is 22.1. The average molecular weight is 1830 g/mol. The molecule has 5 aliphatic rings. The number of anilines is 3. The Balaban J connectivity index is 0.000000136. The third-order valence-electron chi connectivity index (χ3n) is 21.3. The summed E-state index contributed by atoms with van der Waals surface area (Å²) < 4.78 is 244. The molecule has 1 spiro atoms. The molecule has 5 saturated heterocycles. The van der Waals surface area contributed by atoms with Crippen molar-refractivity contribution in [3.63, 3.8) is 0 Å². The molecule has 12 aromatic heterocycles. The van der Waals surface area contributed by atoms with Crippen LogP contribution < -0.4 is 24.1 Å². The molecule has 2 N–H and O–H groups in total. The lowest BCUT2D eigenvalue weighted by molar-refractivity contribution is -0.0803. The van der Waals surface area contributed by atoms with Crippen molar-refractivity contribution in [1.29, 1.82) is 0 Å². The van der Waals surface area contributed by atoms with E-state index in [9.17, 15) is 77.6 Å². The second-order valence-corrected chi connectivity index (χ2v) is 39.4. The number of hydrogen-bond donors (Lipinski definition) is 2. The van der Waals surface area contributed by atoms with E-state index in [4.69, 9.17) is 4.74 Å². The SMILES string of the molecule is CC1(C)CN(c2cc(-c3cnc4ccc(C(F)F)nn34)ncn2)C[C@H](CNS(C)(=O)=O)O1.CS(=O)(=O)CCN1CCC(c2cc(-c3cnc4ccc(C(F)F)nn34)ncn2)C1.CS(=O)(=O)N1CCC2(CCCCN2c2cc(-c3cnc4ccc(C(F)F)nn34)ncn2)C1.CS(=O)(=O)NCC1CN(c2cc(-c3cnc4ccc(C(F)F)nn34)ncn2)CC(F)(F)C1. The number of alkyl halides is 10. The first-order valence-corrected chi connectivity index (χ1v) is 46.7. The van der Waals surface area contributed by atoms with Crippen molar-refractivity contribution in [3.8, 4) is 45.6 Å². The lowest BCUT2D eigenvalue weighted by Crippen LogP contribution is -2.56. The van der Waals surface area contributed by atoms with Gasteiger partial charge in [0.15, 0.2) is 22.6 Å². The van der Waals surface area contributed by atoms with Crippen LogP contribution in [-0.4, -0.2) is 274 Å². The van der Waals surface area contributed by atoms with Gasteiger partial charge < -0.3 is 24.3 Å². The van der Waals surface area contributed by atoms with Crippen molar-refractivity contribution in [2.75, 3.05) is 124 Å². The quantitative estimate of drug-likeness (QED) is 0.0602. The number of sulfonamides is 3. The fourth-order valence-corrected chi connectivity index (χ4v) is 18.1. The number of rotatable bonds is 22. The molecule has 12 aromatic rings. The maximum Gasteiger partial charge on any atom is 0.282 e. The summed E-state index contributed by atoms with van der Waals surface area (Å²) in [4.78, 5) is 58.7. The number of sulfone groups is 1. The number of ether oxygens (including phenoxy) is 1. The summed E-state index contributed by atoms with van der Waals surface area (Å²) in [5.41, 5.74) is 3.68. The Kier molecular flexibility index (Phi) is 26.4. The molecule has 4 atom stereocenters. The van der Waals surface area contributed by atoms with Gasteiger partial charge in [0.05, 0.1) is 95.9 Å². The molecule has 36 nitrogen and oxygen atoms in total. The van der Waals surface area contributed by atoms with Gasteiger partial charge in [0.1, 0.15) is 98.2 Å². The molecule has 0 bridgehead atoms. The fraction of sp³-hybridized carbons (Fsp3) is 0.467. The Bertz CT molecular complexity index is 6190. The van der Waals surface area contributed by atoms with Gasteiger partial charge in [0.2, 0.25) is 30.1 Å². The van der Waals surface area contributed by atoms with E-state index in [1.165, 1.54) is 132 Å². The number of imidazole rings is 4. The summed E-state index contributed by atoms with van der Waals surface area (Å²) >= 11 is 0. The fourth-order valence-electron chi connectivity index (χ4n) is 15.6. The zero-order chi connectivity index (χ0) is 89.3. The number of halogens is 10. The number of hydrogen-bond acceptors (Lipinski definition) is 29. The van der Waals surface area contributed by atoms with Gasteiger partial charge in [-0.1, -0.05) is 0 Å². The van der Waals surface area contributed by atoms with E-state index < -0.39 is 108 Å². The van der Waals surface area contributed by atoms with Crippen LogP contribution >= 0.6 is 0 Å². The van der Waals surface area contributed by atoms with Gasteiger partial charge in [-0.15, -0.1) is 0 Å². The Morgan fingerprint density at radius 3 is 1.34 bits per heavy atom. The summed E-state index contributed by atoms with van der Waals surface area (Å²) in [7, 11) is -13.1. The van der Waals surface area contributed by atoms with Crippen molar-refractivity contribution in [3.05, 3.63) is 151 Å². The minimum Gasteiger partial charge on any atom is -0.367 e. The van der Waals surface area contributed by atoms with E-state index in [0.717, 1.165) is 63.4 Å². The Morgan fingerprint density at radius 2 is 0.904 bits per heavy atom. The average Bonchev–Trinajstić information content (AvgIpc) is 1.70. The molecule has 125 heavy (non-hydrogen) atoms. The standard InChI is InChI=1S/C20H23F2N7O2S.C19H23F2N7O3S.C18H19F4N7O2S.C18H20F2N6O2S/c1-32(30,31)27-9-7-20(12-27)6-2-3-8-28(20)18-10-15(24-13-25-18)16-11-23-17-5-4-14(19(21)22)26-29(16)17;1-19(2)10-27(9-12(31-19)7-25-32(3,29)30)17-6-14(23-11-24-17)15-8-22-16-5-4-13(18(20)21)26-28(15)16;1-32(30,31)26-6-11-5-18(21,22)9-28(8-11)16-4-13(24-10-25-16)14-7-23-15-3-2-12(17(19)20)27-29(14)15;1-29(27,28)7-6-25-5-4-12(10-25)14-8-15(23-11-22-14)16-9-21-17-3-2-13(18(19)20)24-26(16)17/h4-5,10-11,13,19H,2-3,6-9,12H2,1H3;4-6,8,11-12,18,25H,7,9-10H2,1-3H3;2-4,7,10-11,17,26H,5-6,8-9H2,1H3;2-3,8-9,11-12,18H,4-7,10H2,1H3/t;12-;;/m.0../s1. The van der Waals surface area contributed by atoms with Crippen molar-refractivity contribution >= 4 is 79.9 Å². The van der Waals surface area contributed by atoms with Gasteiger partial charge in [0.25, 0.3) is 31.6 Å². The monoisotopic (exact) mass is 1830 g/mol. The molecule has 0 saturated carbocycles. The van der Waals surface area contributed by atoms with Crippen LogP contribution in [0.1, 0.15) is 112 Å². The number of fused-ring (bicyclic) bond motifs is 4. The molecule has 3 unspecified atom stereocenters. The number of piperidine rings is 2. The molecule has 0 aliphatic carbocycles. The van der Waals surface area contributed by atoms with E-state index in [0.29, 0.717) is 113 Å². The first-order chi connectivity index (χ1) is 59.1. The molecule has 5 fully saturated rings. The molecular formula is C75H85F10N27O9S4.